The molecular formula is C14H15BrN2O2. The van der Waals surface area contributed by atoms with Gasteiger partial charge in [0.2, 0.25) is 0 Å². The fraction of sp³-hybridized carbons (Fsp3) is 0.214. The number of nitrogens with zero attached hydrogens (tertiary/aromatic N) is 1. The van der Waals surface area contributed by atoms with E-state index in [0.717, 1.165) is 28.8 Å². The third-order valence-electron chi connectivity index (χ3n) is 2.93. The summed E-state index contributed by atoms with van der Waals surface area (Å²) in [7, 11) is 1.68. The fourth-order valence-corrected chi connectivity index (χ4v) is 2.08. The monoisotopic (exact) mass is 322 g/mol. The van der Waals surface area contributed by atoms with Crippen LogP contribution in [-0.4, -0.2) is 26.3 Å². The number of rotatable bonds is 2. The smallest absolute Gasteiger partial charge is 0.289 e. The Morgan fingerprint density at radius 1 is 1.16 bits per heavy atom. The van der Waals surface area contributed by atoms with Gasteiger partial charge >= 0.3 is 0 Å². The van der Waals surface area contributed by atoms with Crippen LogP contribution in [0.5, 0.6) is 5.75 Å². The summed E-state index contributed by atoms with van der Waals surface area (Å²) in [5, 5.41) is 5.37. The normalized spacial score (nSPS) is 13.4. The minimum absolute atomic E-state index is 0. The van der Waals surface area contributed by atoms with E-state index in [1.165, 1.54) is 0 Å². The zero-order chi connectivity index (χ0) is 12.4. The van der Waals surface area contributed by atoms with E-state index in [9.17, 15) is 0 Å². The van der Waals surface area contributed by atoms with E-state index < -0.39 is 0 Å². The largest absolute Gasteiger partial charge is 0.496 e. The molecule has 1 aliphatic heterocycles. The zero-order valence-electron chi connectivity index (χ0n) is 10.6. The van der Waals surface area contributed by atoms with E-state index in [4.69, 9.17) is 9.47 Å². The summed E-state index contributed by atoms with van der Waals surface area (Å²) in [6.07, 6.45) is 0. The molecule has 2 aromatic rings. The highest BCUT2D eigenvalue weighted by Gasteiger charge is 2.11. The molecule has 5 heteroatoms. The van der Waals surface area contributed by atoms with E-state index in [-0.39, 0.29) is 17.0 Å². The van der Waals surface area contributed by atoms with E-state index in [1.54, 1.807) is 7.11 Å². The van der Waals surface area contributed by atoms with Gasteiger partial charge in [-0.2, -0.15) is 0 Å². The van der Waals surface area contributed by atoms with E-state index >= 15 is 0 Å². The van der Waals surface area contributed by atoms with Crippen LogP contribution in [0.15, 0.2) is 41.4 Å². The van der Waals surface area contributed by atoms with Gasteiger partial charge in [0.25, 0.3) is 6.02 Å². The Kier molecular flexibility index (Phi) is 4.27. The maximum Gasteiger partial charge on any atom is 0.289 e. The number of hydrogen-bond acceptors (Lipinski definition) is 4. The second-order valence-corrected chi connectivity index (χ2v) is 4.02. The number of aliphatic imine (C=N–C) groups is 1. The molecule has 0 spiro atoms. The van der Waals surface area contributed by atoms with Gasteiger partial charge < -0.3 is 14.8 Å². The van der Waals surface area contributed by atoms with Crippen LogP contribution in [0, 0.1) is 0 Å². The minimum Gasteiger partial charge on any atom is -0.496 e. The van der Waals surface area contributed by atoms with Gasteiger partial charge in [-0.1, -0.05) is 24.3 Å². The molecular weight excluding hydrogens is 308 g/mol. The number of benzene rings is 2. The average molecular weight is 323 g/mol. The highest BCUT2D eigenvalue weighted by Crippen LogP contribution is 2.31. The molecule has 0 atom stereocenters. The first-order valence-electron chi connectivity index (χ1n) is 5.88. The van der Waals surface area contributed by atoms with Crippen LogP contribution >= 0.6 is 17.0 Å². The summed E-state index contributed by atoms with van der Waals surface area (Å²) in [4.78, 5) is 4.23. The molecule has 0 amide bonds. The van der Waals surface area contributed by atoms with Crippen molar-refractivity contribution in [3.63, 3.8) is 0 Å². The number of methoxy groups -OCH3 is 1. The molecule has 0 aliphatic carbocycles. The summed E-state index contributed by atoms with van der Waals surface area (Å²) in [5.74, 6) is 0.866. The highest BCUT2D eigenvalue weighted by atomic mass is 79.9. The molecule has 1 aliphatic rings. The molecule has 1 heterocycles. The lowest BCUT2D eigenvalue weighted by molar-refractivity contribution is 0.346. The molecule has 0 radical (unpaired) electrons. The summed E-state index contributed by atoms with van der Waals surface area (Å²) in [6.45, 7) is 1.37. The zero-order valence-corrected chi connectivity index (χ0v) is 12.3. The molecule has 0 saturated heterocycles. The summed E-state index contributed by atoms with van der Waals surface area (Å²) < 4.78 is 10.7. The van der Waals surface area contributed by atoms with Gasteiger partial charge in [0, 0.05) is 10.8 Å². The van der Waals surface area contributed by atoms with Crippen LogP contribution in [0.4, 0.5) is 5.69 Å². The number of anilines is 1. The number of nitrogens with one attached hydrogen (secondary N) is 1. The standard InChI is InChI=1S/C14H14N2O2.BrH/c1-17-13-7-6-12(16-14-15-8-9-18-14)10-4-2-3-5-11(10)13;/h2-7H,8-9H2,1H3,(H,15,16);1H. The number of hydrogen-bond donors (Lipinski definition) is 1. The lowest BCUT2D eigenvalue weighted by Gasteiger charge is -2.11. The lowest BCUT2D eigenvalue weighted by atomic mass is 10.1. The first-order chi connectivity index (χ1) is 8.88. The number of halogens is 1. The van der Waals surface area contributed by atoms with E-state index in [1.807, 2.05) is 30.3 Å². The Morgan fingerprint density at radius 3 is 2.63 bits per heavy atom. The summed E-state index contributed by atoms with van der Waals surface area (Å²) >= 11 is 0. The molecule has 2 aromatic carbocycles. The predicted octanol–water partition coefficient (Wildman–Crippen LogP) is 3.22. The van der Waals surface area contributed by atoms with Gasteiger partial charge in [-0.25, -0.2) is 4.99 Å². The van der Waals surface area contributed by atoms with Crippen molar-refractivity contribution in [3.8, 4) is 5.75 Å². The Hall–Kier alpha value is -1.75. The first kappa shape index (κ1) is 13.7. The van der Waals surface area contributed by atoms with Gasteiger partial charge in [-0.3, -0.25) is 0 Å². The van der Waals surface area contributed by atoms with Crippen molar-refractivity contribution in [2.45, 2.75) is 0 Å². The second-order valence-electron chi connectivity index (χ2n) is 4.02. The van der Waals surface area contributed by atoms with Crippen LogP contribution in [-0.2, 0) is 4.74 Å². The van der Waals surface area contributed by atoms with Crippen molar-refractivity contribution < 1.29 is 9.47 Å². The van der Waals surface area contributed by atoms with Crippen molar-refractivity contribution in [1.29, 1.82) is 0 Å². The average Bonchev–Trinajstić information content (AvgIpc) is 2.92. The van der Waals surface area contributed by atoms with Crippen LogP contribution in [0.25, 0.3) is 10.8 Å². The number of ether oxygens (including phenoxy) is 2. The maximum atomic E-state index is 5.37. The minimum atomic E-state index is 0. The third-order valence-corrected chi connectivity index (χ3v) is 2.93. The van der Waals surface area contributed by atoms with Crippen molar-refractivity contribution >= 4 is 39.5 Å². The molecule has 0 fully saturated rings. The molecule has 0 unspecified atom stereocenters. The predicted molar refractivity (Wildman–Crippen MR) is 82.7 cm³/mol. The first-order valence-corrected chi connectivity index (χ1v) is 5.88. The molecule has 19 heavy (non-hydrogen) atoms. The molecule has 100 valence electrons. The highest BCUT2D eigenvalue weighted by molar-refractivity contribution is 8.93. The van der Waals surface area contributed by atoms with Crippen LogP contribution in [0.2, 0.25) is 0 Å². The van der Waals surface area contributed by atoms with Gasteiger partial charge in [0.1, 0.15) is 12.4 Å². The molecule has 0 saturated carbocycles. The van der Waals surface area contributed by atoms with Crippen molar-refractivity contribution in [2.24, 2.45) is 4.99 Å². The SMILES string of the molecule is Br.COc1ccc(NC2=NCCO2)c2ccccc12. The van der Waals surface area contributed by atoms with Crippen molar-refractivity contribution in [3.05, 3.63) is 36.4 Å². The summed E-state index contributed by atoms with van der Waals surface area (Å²) in [6, 6.07) is 12.6. The van der Waals surface area contributed by atoms with Gasteiger partial charge in [-0.15, -0.1) is 17.0 Å². The van der Waals surface area contributed by atoms with E-state index in [0.29, 0.717) is 12.6 Å². The molecule has 1 N–H and O–H groups in total. The fourth-order valence-electron chi connectivity index (χ4n) is 2.08. The summed E-state index contributed by atoms with van der Waals surface area (Å²) in [5.41, 5.74) is 0.979. The quantitative estimate of drug-likeness (QED) is 0.923. The van der Waals surface area contributed by atoms with Crippen LogP contribution in [0.1, 0.15) is 0 Å². The topological polar surface area (TPSA) is 42.8 Å². The molecule has 0 aromatic heterocycles. The van der Waals surface area contributed by atoms with Crippen molar-refractivity contribution in [2.75, 3.05) is 25.6 Å². The lowest BCUT2D eigenvalue weighted by Crippen LogP contribution is -2.12. The second kappa shape index (κ2) is 5.93. The van der Waals surface area contributed by atoms with Gasteiger partial charge in [0.15, 0.2) is 0 Å². The number of fused-ring (bicyclic) bond motifs is 1. The maximum absolute atomic E-state index is 5.37. The Morgan fingerprint density at radius 2 is 1.95 bits per heavy atom. The molecule has 4 nitrogen and oxygen atoms in total. The Balaban J connectivity index is 0.00000133. The molecule has 0 bridgehead atoms. The number of amidine groups is 1. The van der Waals surface area contributed by atoms with Crippen LogP contribution < -0.4 is 10.1 Å². The third kappa shape index (κ3) is 2.66. The van der Waals surface area contributed by atoms with Crippen LogP contribution in [0.3, 0.4) is 0 Å². The van der Waals surface area contributed by atoms with Gasteiger partial charge in [-0.05, 0) is 12.1 Å². The van der Waals surface area contributed by atoms with E-state index in [2.05, 4.69) is 16.4 Å². The molecule has 3 rings (SSSR count). The Labute approximate surface area is 122 Å². The van der Waals surface area contributed by atoms with Gasteiger partial charge in [0.05, 0.1) is 19.3 Å². The Bertz CT molecular complexity index is 613. The van der Waals surface area contributed by atoms with Crippen molar-refractivity contribution in [1.82, 2.24) is 0 Å².